The van der Waals surface area contributed by atoms with Gasteiger partial charge in [0, 0.05) is 17.8 Å². The summed E-state index contributed by atoms with van der Waals surface area (Å²) in [6.45, 7) is 3.87. The summed E-state index contributed by atoms with van der Waals surface area (Å²) in [4.78, 5) is 31.7. The highest BCUT2D eigenvalue weighted by molar-refractivity contribution is 6.04. The van der Waals surface area contributed by atoms with Crippen molar-refractivity contribution in [3.05, 3.63) is 87.6 Å². The van der Waals surface area contributed by atoms with Gasteiger partial charge < -0.3 is 15.0 Å². The first-order valence-corrected chi connectivity index (χ1v) is 9.74. The second-order valence-corrected chi connectivity index (χ2v) is 7.39. The first kappa shape index (κ1) is 18.9. The lowest BCUT2D eigenvalue weighted by Crippen LogP contribution is -2.25. The van der Waals surface area contributed by atoms with Gasteiger partial charge in [-0.3, -0.25) is 9.59 Å². The Morgan fingerprint density at radius 3 is 2.62 bits per heavy atom. The van der Waals surface area contributed by atoms with Gasteiger partial charge in [0.2, 0.25) is 0 Å². The van der Waals surface area contributed by atoms with E-state index in [9.17, 15) is 9.59 Å². The molecule has 0 aliphatic heterocycles. The minimum Gasteiger partial charge on any atom is -0.486 e. The average Bonchev–Trinajstić information content (AvgIpc) is 3.56. The van der Waals surface area contributed by atoms with Crippen LogP contribution in [0.5, 0.6) is 5.75 Å². The molecule has 0 bridgehead atoms. The van der Waals surface area contributed by atoms with E-state index in [1.807, 2.05) is 50.2 Å². The fourth-order valence-electron chi connectivity index (χ4n) is 3.17. The van der Waals surface area contributed by atoms with Crippen molar-refractivity contribution in [2.75, 3.05) is 5.32 Å². The molecule has 1 aliphatic rings. The molecule has 1 aromatic heterocycles. The largest absolute Gasteiger partial charge is 0.486 e. The number of hydrogen-bond donors (Lipinski definition) is 2. The summed E-state index contributed by atoms with van der Waals surface area (Å²) in [6, 6.07) is 15.4. The molecule has 1 aliphatic carbocycles. The van der Waals surface area contributed by atoms with Crippen LogP contribution in [0.2, 0.25) is 0 Å². The Morgan fingerprint density at radius 1 is 1.21 bits per heavy atom. The zero-order valence-corrected chi connectivity index (χ0v) is 16.4. The number of anilines is 1. The molecule has 4 rings (SSSR count). The number of carbonyl (C=O) groups excluding carboxylic acids is 1. The van der Waals surface area contributed by atoms with Gasteiger partial charge in [-0.2, -0.15) is 0 Å². The third-order valence-electron chi connectivity index (χ3n) is 5.06. The van der Waals surface area contributed by atoms with Gasteiger partial charge in [0.05, 0.1) is 0 Å². The number of nitrogens with zero attached hydrogens (tertiary/aromatic N) is 1. The van der Waals surface area contributed by atoms with Gasteiger partial charge in [0.15, 0.2) is 0 Å². The second-order valence-electron chi connectivity index (χ2n) is 7.39. The van der Waals surface area contributed by atoms with Crippen LogP contribution in [0.1, 0.15) is 59.1 Å². The van der Waals surface area contributed by atoms with Crippen LogP contribution in [0.4, 0.5) is 5.69 Å². The minimum absolute atomic E-state index is 0.00632. The Labute approximate surface area is 169 Å². The van der Waals surface area contributed by atoms with Gasteiger partial charge in [0.1, 0.15) is 23.2 Å². The van der Waals surface area contributed by atoms with Crippen LogP contribution >= 0.6 is 0 Å². The molecular formula is C23H23N3O3. The molecule has 1 saturated carbocycles. The highest BCUT2D eigenvalue weighted by Gasteiger charge is 2.26. The number of rotatable bonds is 6. The summed E-state index contributed by atoms with van der Waals surface area (Å²) in [5.41, 5.74) is 2.15. The molecule has 148 valence electrons. The molecule has 0 radical (unpaired) electrons. The number of aromatic nitrogens is 2. The summed E-state index contributed by atoms with van der Waals surface area (Å²) in [6.07, 6.45) is 3.33. The van der Waals surface area contributed by atoms with Crippen molar-refractivity contribution in [2.24, 2.45) is 0 Å². The lowest BCUT2D eigenvalue weighted by molar-refractivity contribution is 0.102. The van der Waals surface area contributed by atoms with Gasteiger partial charge in [-0.25, -0.2) is 4.98 Å². The highest BCUT2D eigenvalue weighted by atomic mass is 16.5. The summed E-state index contributed by atoms with van der Waals surface area (Å²) >= 11 is 0. The molecular weight excluding hydrogens is 366 g/mol. The SMILES string of the molecule is Cc1cc(OC(C)c2ccccc2)ccc1NC(=O)c1cnc(C2CC2)[nH]c1=O. The van der Waals surface area contributed by atoms with Crippen LogP contribution in [0.25, 0.3) is 0 Å². The van der Waals surface area contributed by atoms with Gasteiger partial charge in [-0.1, -0.05) is 30.3 Å². The van der Waals surface area contributed by atoms with Crippen molar-refractivity contribution in [3.63, 3.8) is 0 Å². The number of carbonyl (C=O) groups is 1. The molecule has 29 heavy (non-hydrogen) atoms. The van der Waals surface area contributed by atoms with Crippen molar-refractivity contribution in [2.45, 2.75) is 38.7 Å². The van der Waals surface area contributed by atoms with Crippen molar-refractivity contribution in [1.29, 1.82) is 0 Å². The monoisotopic (exact) mass is 389 g/mol. The third kappa shape index (κ3) is 4.37. The molecule has 1 fully saturated rings. The predicted molar refractivity (Wildman–Crippen MR) is 111 cm³/mol. The van der Waals surface area contributed by atoms with E-state index in [4.69, 9.17) is 4.74 Å². The Bertz CT molecular complexity index is 1090. The lowest BCUT2D eigenvalue weighted by atomic mass is 10.1. The number of nitrogens with one attached hydrogen (secondary N) is 2. The van der Waals surface area contributed by atoms with E-state index in [0.717, 1.165) is 24.0 Å². The quantitative estimate of drug-likeness (QED) is 0.656. The number of aromatic amines is 1. The maximum atomic E-state index is 12.5. The van der Waals surface area contributed by atoms with E-state index in [0.29, 0.717) is 23.2 Å². The summed E-state index contributed by atoms with van der Waals surface area (Å²) < 4.78 is 6.01. The number of aryl methyl sites for hydroxylation is 1. The molecule has 0 saturated heterocycles. The number of hydrogen-bond acceptors (Lipinski definition) is 4. The van der Waals surface area contributed by atoms with E-state index >= 15 is 0 Å². The Balaban J connectivity index is 1.45. The molecule has 3 aromatic rings. The minimum atomic E-state index is -0.476. The normalized spacial score (nSPS) is 14.3. The van der Waals surface area contributed by atoms with E-state index < -0.39 is 11.5 Å². The van der Waals surface area contributed by atoms with Crippen LogP contribution in [0.15, 0.2) is 59.5 Å². The second kappa shape index (κ2) is 7.91. The fourth-order valence-corrected chi connectivity index (χ4v) is 3.17. The smallest absolute Gasteiger partial charge is 0.263 e. The van der Waals surface area contributed by atoms with Gasteiger partial charge in [-0.15, -0.1) is 0 Å². The standard InChI is InChI=1S/C23H23N3O3/c1-14-12-18(29-15(2)16-6-4-3-5-7-16)10-11-20(14)25-22(27)19-13-24-21(17-8-9-17)26-23(19)28/h3-7,10-13,15,17H,8-9H2,1-2H3,(H,25,27)(H,24,26,28). The Morgan fingerprint density at radius 2 is 1.97 bits per heavy atom. The van der Waals surface area contributed by atoms with Crippen molar-refractivity contribution in [3.8, 4) is 5.75 Å². The number of ether oxygens (including phenoxy) is 1. The van der Waals surface area contributed by atoms with E-state index in [2.05, 4.69) is 15.3 Å². The molecule has 6 heteroatoms. The first-order chi connectivity index (χ1) is 14.0. The molecule has 1 heterocycles. The maximum Gasteiger partial charge on any atom is 0.263 e. The zero-order valence-electron chi connectivity index (χ0n) is 16.4. The van der Waals surface area contributed by atoms with Crippen molar-refractivity contribution in [1.82, 2.24) is 9.97 Å². The van der Waals surface area contributed by atoms with E-state index in [1.54, 1.807) is 12.1 Å². The molecule has 1 unspecified atom stereocenters. The van der Waals surface area contributed by atoms with Crippen molar-refractivity contribution >= 4 is 11.6 Å². The fraction of sp³-hybridized carbons (Fsp3) is 0.261. The van der Waals surface area contributed by atoms with E-state index in [-0.39, 0.29) is 11.7 Å². The molecule has 1 atom stereocenters. The highest BCUT2D eigenvalue weighted by Crippen LogP contribution is 2.37. The molecule has 2 N–H and O–H groups in total. The number of benzene rings is 2. The van der Waals surface area contributed by atoms with Gasteiger partial charge in [0.25, 0.3) is 11.5 Å². The molecule has 1 amide bonds. The number of amides is 1. The van der Waals surface area contributed by atoms with Crippen LogP contribution in [0, 0.1) is 6.92 Å². The van der Waals surface area contributed by atoms with Gasteiger partial charge >= 0.3 is 0 Å². The predicted octanol–water partition coefficient (Wildman–Crippen LogP) is 4.35. The molecule has 0 spiro atoms. The van der Waals surface area contributed by atoms with Crippen LogP contribution in [0.3, 0.4) is 0 Å². The maximum absolute atomic E-state index is 12.5. The van der Waals surface area contributed by atoms with Crippen molar-refractivity contribution < 1.29 is 9.53 Å². The zero-order chi connectivity index (χ0) is 20.4. The van der Waals surface area contributed by atoms with Crippen LogP contribution in [-0.2, 0) is 0 Å². The lowest BCUT2D eigenvalue weighted by Gasteiger charge is -2.16. The van der Waals surface area contributed by atoms with Crippen LogP contribution in [-0.4, -0.2) is 15.9 Å². The molecule has 2 aromatic carbocycles. The summed E-state index contributed by atoms with van der Waals surface area (Å²) in [5, 5.41) is 2.79. The first-order valence-electron chi connectivity index (χ1n) is 9.74. The topological polar surface area (TPSA) is 84.1 Å². The summed E-state index contributed by atoms with van der Waals surface area (Å²) in [7, 11) is 0. The Hall–Kier alpha value is -3.41. The van der Waals surface area contributed by atoms with Gasteiger partial charge in [-0.05, 0) is 56.0 Å². The van der Waals surface area contributed by atoms with Crippen LogP contribution < -0.4 is 15.6 Å². The summed E-state index contributed by atoms with van der Waals surface area (Å²) in [5.74, 6) is 1.23. The molecule has 6 nitrogen and oxygen atoms in total. The Kier molecular flexibility index (Phi) is 5.16. The van der Waals surface area contributed by atoms with E-state index in [1.165, 1.54) is 6.20 Å². The third-order valence-corrected chi connectivity index (χ3v) is 5.06. The average molecular weight is 389 g/mol. The number of H-pyrrole nitrogens is 1.